The predicted molar refractivity (Wildman–Crippen MR) is 130 cm³/mol. The number of imide groups is 1. The second kappa shape index (κ2) is 9.20. The first-order valence-corrected chi connectivity index (χ1v) is 10.8. The van der Waals surface area contributed by atoms with E-state index in [1.165, 1.54) is 4.90 Å². The molecule has 3 aromatic carbocycles. The normalized spacial score (nSPS) is 13.5. The highest BCUT2D eigenvalue weighted by atomic mass is 16.5. The second-order valence-electron chi connectivity index (χ2n) is 7.77. The van der Waals surface area contributed by atoms with Gasteiger partial charge >= 0.3 is 0 Å². The van der Waals surface area contributed by atoms with E-state index in [0.29, 0.717) is 34.9 Å². The van der Waals surface area contributed by atoms with Crippen LogP contribution in [0.4, 0.5) is 11.4 Å². The number of nitrogens with one attached hydrogen (secondary N) is 1. The van der Waals surface area contributed by atoms with Crippen LogP contribution in [0, 0.1) is 13.8 Å². The molecular formula is C27H26N2O4. The summed E-state index contributed by atoms with van der Waals surface area (Å²) < 4.78 is 11.0. The fourth-order valence-corrected chi connectivity index (χ4v) is 3.81. The molecule has 0 aromatic heterocycles. The minimum Gasteiger partial charge on any atom is -0.497 e. The van der Waals surface area contributed by atoms with Crippen LogP contribution in [-0.2, 0) is 9.59 Å². The molecule has 1 aliphatic heterocycles. The van der Waals surface area contributed by atoms with E-state index in [4.69, 9.17) is 9.47 Å². The highest BCUT2D eigenvalue weighted by molar-refractivity contribution is 6.46. The molecule has 0 atom stereocenters. The van der Waals surface area contributed by atoms with Crippen LogP contribution in [0.15, 0.2) is 72.4 Å². The lowest BCUT2D eigenvalue weighted by molar-refractivity contribution is -0.120. The van der Waals surface area contributed by atoms with Crippen molar-refractivity contribution >= 4 is 28.8 Å². The average Bonchev–Trinajstić information content (AvgIpc) is 3.06. The van der Waals surface area contributed by atoms with Crippen molar-refractivity contribution in [2.45, 2.75) is 20.8 Å². The Hall–Kier alpha value is -4.06. The summed E-state index contributed by atoms with van der Waals surface area (Å²) in [6, 6.07) is 20.1. The lowest BCUT2D eigenvalue weighted by atomic mass is 10.0. The largest absolute Gasteiger partial charge is 0.497 e. The van der Waals surface area contributed by atoms with E-state index in [1.807, 2.05) is 45.0 Å². The summed E-state index contributed by atoms with van der Waals surface area (Å²) in [6.45, 7) is 6.22. The molecule has 33 heavy (non-hydrogen) atoms. The minimum atomic E-state index is -0.432. The van der Waals surface area contributed by atoms with Crippen molar-refractivity contribution in [1.82, 2.24) is 0 Å². The number of rotatable bonds is 7. The molecule has 0 radical (unpaired) electrons. The van der Waals surface area contributed by atoms with Crippen molar-refractivity contribution in [1.29, 1.82) is 0 Å². The molecular weight excluding hydrogens is 416 g/mol. The number of carbonyl (C=O) groups excluding carboxylic acids is 2. The maximum Gasteiger partial charge on any atom is 0.282 e. The number of carbonyl (C=O) groups is 2. The number of aryl methyl sites for hydroxylation is 2. The van der Waals surface area contributed by atoms with Gasteiger partial charge in [-0.05, 0) is 67.8 Å². The van der Waals surface area contributed by atoms with Gasteiger partial charge < -0.3 is 14.8 Å². The van der Waals surface area contributed by atoms with Crippen LogP contribution in [0.3, 0.4) is 0 Å². The van der Waals surface area contributed by atoms with Gasteiger partial charge in [0.1, 0.15) is 17.2 Å². The zero-order chi connectivity index (χ0) is 23.5. The van der Waals surface area contributed by atoms with Crippen LogP contribution in [0.25, 0.3) is 5.57 Å². The van der Waals surface area contributed by atoms with Gasteiger partial charge in [-0.2, -0.15) is 0 Å². The number of hydrogen-bond donors (Lipinski definition) is 1. The first-order valence-electron chi connectivity index (χ1n) is 10.8. The molecule has 3 aromatic rings. The molecule has 6 nitrogen and oxygen atoms in total. The molecule has 0 saturated carbocycles. The van der Waals surface area contributed by atoms with Gasteiger partial charge in [0, 0.05) is 5.69 Å². The standard InChI is InChI=1S/C27H26N2O4/c1-5-33-23-9-7-6-8-22(23)29-26(30)24(19-12-14-20(32-4)15-13-19)25(27(29)31)28-21-16-17(2)10-11-18(21)3/h6-16,28H,5H2,1-4H3. The van der Waals surface area contributed by atoms with E-state index in [0.717, 1.165) is 16.8 Å². The topological polar surface area (TPSA) is 67.9 Å². The van der Waals surface area contributed by atoms with Gasteiger partial charge in [0.25, 0.3) is 11.8 Å². The van der Waals surface area contributed by atoms with Crippen molar-refractivity contribution in [3.05, 3.63) is 89.1 Å². The Labute approximate surface area is 193 Å². The molecule has 168 valence electrons. The lowest BCUT2D eigenvalue weighted by Gasteiger charge is -2.19. The van der Waals surface area contributed by atoms with Crippen molar-refractivity contribution in [3.8, 4) is 11.5 Å². The lowest BCUT2D eigenvalue weighted by Crippen LogP contribution is -2.32. The molecule has 1 aliphatic rings. The molecule has 0 saturated heterocycles. The first kappa shape index (κ1) is 22.1. The van der Waals surface area contributed by atoms with Crippen molar-refractivity contribution in [3.63, 3.8) is 0 Å². The highest BCUT2D eigenvalue weighted by Gasteiger charge is 2.41. The molecule has 6 heteroatoms. The van der Waals surface area contributed by atoms with Crippen molar-refractivity contribution in [2.75, 3.05) is 23.9 Å². The molecule has 2 amide bonds. The van der Waals surface area contributed by atoms with Gasteiger partial charge in [-0.25, -0.2) is 4.90 Å². The summed E-state index contributed by atoms with van der Waals surface area (Å²) in [7, 11) is 1.58. The van der Waals surface area contributed by atoms with Crippen LogP contribution in [-0.4, -0.2) is 25.5 Å². The number of amides is 2. The summed E-state index contributed by atoms with van der Waals surface area (Å²) in [4.78, 5) is 28.6. The van der Waals surface area contributed by atoms with E-state index in [1.54, 1.807) is 49.6 Å². The molecule has 1 N–H and O–H groups in total. The average molecular weight is 443 g/mol. The van der Waals surface area contributed by atoms with E-state index < -0.39 is 11.8 Å². The van der Waals surface area contributed by atoms with E-state index in [2.05, 4.69) is 5.32 Å². The Morgan fingerprint density at radius 2 is 1.64 bits per heavy atom. The molecule has 0 unspecified atom stereocenters. The Kier molecular flexibility index (Phi) is 6.18. The predicted octanol–water partition coefficient (Wildman–Crippen LogP) is 5.11. The van der Waals surface area contributed by atoms with Gasteiger partial charge in [0.15, 0.2) is 0 Å². The molecule has 0 fully saturated rings. The Bertz CT molecular complexity index is 1250. The summed E-state index contributed by atoms with van der Waals surface area (Å²) in [5.41, 5.74) is 4.36. The monoisotopic (exact) mass is 442 g/mol. The number of anilines is 2. The number of methoxy groups -OCH3 is 1. The maximum absolute atomic E-state index is 13.7. The van der Waals surface area contributed by atoms with E-state index in [-0.39, 0.29) is 5.70 Å². The zero-order valence-electron chi connectivity index (χ0n) is 19.1. The van der Waals surface area contributed by atoms with Gasteiger partial charge in [-0.15, -0.1) is 0 Å². The van der Waals surface area contributed by atoms with Crippen molar-refractivity contribution < 1.29 is 19.1 Å². The number of ether oxygens (including phenoxy) is 2. The Morgan fingerprint density at radius 3 is 2.33 bits per heavy atom. The summed E-state index contributed by atoms with van der Waals surface area (Å²) in [6.07, 6.45) is 0. The van der Waals surface area contributed by atoms with Crippen LogP contribution in [0.1, 0.15) is 23.6 Å². The maximum atomic E-state index is 13.7. The first-order chi connectivity index (χ1) is 15.9. The van der Waals surface area contributed by atoms with E-state index >= 15 is 0 Å². The van der Waals surface area contributed by atoms with Crippen LogP contribution in [0.5, 0.6) is 11.5 Å². The fourth-order valence-electron chi connectivity index (χ4n) is 3.81. The number of hydrogen-bond acceptors (Lipinski definition) is 5. The number of nitrogens with zero attached hydrogens (tertiary/aromatic N) is 1. The van der Waals surface area contributed by atoms with Gasteiger partial charge in [-0.1, -0.05) is 36.4 Å². The second-order valence-corrected chi connectivity index (χ2v) is 7.77. The SMILES string of the molecule is CCOc1ccccc1N1C(=O)C(Nc2cc(C)ccc2C)=C(c2ccc(OC)cc2)C1=O. The van der Waals surface area contributed by atoms with Crippen LogP contribution in [0.2, 0.25) is 0 Å². The fraction of sp³-hybridized carbons (Fsp3) is 0.185. The molecule has 0 bridgehead atoms. The number of para-hydroxylation sites is 2. The van der Waals surface area contributed by atoms with Crippen LogP contribution >= 0.6 is 0 Å². The van der Waals surface area contributed by atoms with E-state index in [9.17, 15) is 9.59 Å². The van der Waals surface area contributed by atoms with Crippen LogP contribution < -0.4 is 19.7 Å². The van der Waals surface area contributed by atoms with Gasteiger partial charge in [0.05, 0.1) is 25.0 Å². The zero-order valence-corrected chi connectivity index (χ0v) is 19.1. The van der Waals surface area contributed by atoms with Crippen molar-refractivity contribution in [2.24, 2.45) is 0 Å². The molecule has 0 spiro atoms. The molecule has 0 aliphatic carbocycles. The molecule has 4 rings (SSSR count). The Morgan fingerprint density at radius 1 is 0.909 bits per heavy atom. The van der Waals surface area contributed by atoms with Gasteiger partial charge in [-0.3, -0.25) is 9.59 Å². The third-order valence-corrected chi connectivity index (χ3v) is 5.52. The summed E-state index contributed by atoms with van der Waals surface area (Å²) in [5.74, 6) is 0.298. The third kappa shape index (κ3) is 4.20. The minimum absolute atomic E-state index is 0.227. The Balaban J connectivity index is 1.85. The summed E-state index contributed by atoms with van der Waals surface area (Å²) >= 11 is 0. The smallest absolute Gasteiger partial charge is 0.282 e. The summed E-state index contributed by atoms with van der Waals surface area (Å²) in [5, 5.41) is 3.25. The number of benzene rings is 3. The third-order valence-electron chi connectivity index (χ3n) is 5.52. The van der Waals surface area contributed by atoms with Gasteiger partial charge in [0.2, 0.25) is 0 Å². The highest BCUT2D eigenvalue weighted by Crippen LogP contribution is 2.38. The molecule has 1 heterocycles. The quantitative estimate of drug-likeness (QED) is 0.515.